The van der Waals surface area contributed by atoms with Crippen LogP contribution in [0, 0.1) is 0 Å². The van der Waals surface area contributed by atoms with Crippen LogP contribution in [-0.4, -0.2) is 53.7 Å². The smallest absolute Gasteiger partial charge is 0.257 e. The Bertz CT molecular complexity index is 878. The highest BCUT2D eigenvalue weighted by Gasteiger charge is 2.26. The van der Waals surface area contributed by atoms with Crippen LogP contribution in [-0.2, 0) is 4.79 Å². The quantitative estimate of drug-likeness (QED) is 0.303. The molecule has 1 atom stereocenters. The highest BCUT2D eigenvalue weighted by atomic mass is 16.3. The molecule has 1 saturated heterocycles. The second-order valence-corrected chi connectivity index (χ2v) is 8.06. The predicted octanol–water partition coefficient (Wildman–Crippen LogP) is 3.30. The maximum absolute atomic E-state index is 12.9. The zero-order valence-electron chi connectivity index (χ0n) is 18.4. The number of rotatable bonds is 10. The molecule has 7 nitrogen and oxygen atoms in total. The second-order valence-electron chi connectivity index (χ2n) is 8.06. The van der Waals surface area contributed by atoms with E-state index in [1.165, 1.54) is 6.42 Å². The van der Waals surface area contributed by atoms with Gasteiger partial charge < -0.3 is 10.4 Å². The summed E-state index contributed by atoms with van der Waals surface area (Å²) in [5, 5.41) is 16.4. The molecule has 3 N–H and O–H groups in total. The molecule has 0 unspecified atom stereocenters. The summed E-state index contributed by atoms with van der Waals surface area (Å²) in [5.41, 5.74) is 4.14. The van der Waals surface area contributed by atoms with Gasteiger partial charge in [0.2, 0.25) is 0 Å². The molecule has 2 aromatic carbocycles. The zero-order valence-corrected chi connectivity index (χ0v) is 18.4. The second kappa shape index (κ2) is 12.6. The van der Waals surface area contributed by atoms with Crippen LogP contribution in [0.5, 0.6) is 5.75 Å². The predicted molar refractivity (Wildman–Crippen MR) is 126 cm³/mol. The van der Waals surface area contributed by atoms with E-state index in [1.807, 2.05) is 18.2 Å². The Labute approximate surface area is 189 Å². The first-order valence-electron chi connectivity index (χ1n) is 11.3. The van der Waals surface area contributed by atoms with Crippen LogP contribution in [0.1, 0.15) is 54.4 Å². The van der Waals surface area contributed by atoms with E-state index in [1.54, 1.807) is 42.6 Å². The van der Waals surface area contributed by atoms with E-state index in [0.717, 1.165) is 50.8 Å². The molecule has 1 aliphatic rings. The first kappa shape index (κ1) is 23.5. The summed E-state index contributed by atoms with van der Waals surface area (Å²) in [4.78, 5) is 27.3. The van der Waals surface area contributed by atoms with Crippen LogP contribution in [0.25, 0.3) is 0 Å². The van der Waals surface area contributed by atoms with Crippen molar-refractivity contribution in [2.75, 3.05) is 19.6 Å². The fraction of sp³-hybridized carbons (Fsp3) is 0.400. The van der Waals surface area contributed by atoms with Crippen LogP contribution in [0.4, 0.5) is 0 Å². The van der Waals surface area contributed by atoms with E-state index in [4.69, 9.17) is 0 Å². The number of hydrogen-bond donors (Lipinski definition) is 3. The van der Waals surface area contributed by atoms with Gasteiger partial charge in [0.1, 0.15) is 5.75 Å². The normalized spacial score (nSPS) is 15.4. The largest absolute Gasteiger partial charge is 0.508 e. The SMILES string of the molecule is O=C(NCCCC[C@H](C(=O)N/N=C/c1ccc(O)cc1)N1CCCCC1)c1ccccc1. The van der Waals surface area contributed by atoms with Crippen molar-refractivity contribution in [2.45, 2.75) is 44.6 Å². The molecule has 7 heteroatoms. The fourth-order valence-electron chi connectivity index (χ4n) is 3.87. The molecule has 0 bridgehead atoms. The molecule has 1 aliphatic heterocycles. The van der Waals surface area contributed by atoms with Crippen LogP contribution in [0.3, 0.4) is 0 Å². The van der Waals surface area contributed by atoms with Gasteiger partial charge in [-0.2, -0.15) is 5.10 Å². The molecule has 2 amide bonds. The number of phenols is 1. The molecule has 3 rings (SSSR count). The van der Waals surface area contributed by atoms with E-state index < -0.39 is 0 Å². The molecule has 0 saturated carbocycles. The van der Waals surface area contributed by atoms with Crippen molar-refractivity contribution < 1.29 is 14.7 Å². The number of nitrogens with zero attached hydrogens (tertiary/aromatic N) is 2. The van der Waals surface area contributed by atoms with Crippen molar-refractivity contribution in [2.24, 2.45) is 5.10 Å². The summed E-state index contributed by atoms with van der Waals surface area (Å²) >= 11 is 0. The van der Waals surface area contributed by atoms with Gasteiger partial charge in [0.05, 0.1) is 12.3 Å². The Balaban J connectivity index is 1.47. The number of nitrogens with one attached hydrogen (secondary N) is 2. The number of piperidine rings is 1. The van der Waals surface area contributed by atoms with Gasteiger partial charge in [0.25, 0.3) is 11.8 Å². The first-order valence-corrected chi connectivity index (χ1v) is 11.3. The molecule has 1 fully saturated rings. The lowest BCUT2D eigenvalue weighted by atomic mass is 10.0. The average molecular weight is 437 g/mol. The number of hydrogen-bond acceptors (Lipinski definition) is 5. The highest BCUT2D eigenvalue weighted by molar-refractivity contribution is 5.94. The Morgan fingerprint density at radius 1 is 1.00 bits per heavy atom. The Morgan fingerprint density at radius 2 is 1.72 bits per heavy atom. The number of amides is 2. The molecule has 0 radical (unpaired) electrons. The summed E-state index contributed by atoms with van der Waals surface area (Å²) in [5.74, 6) is 0.0195. The lowest BCUT2D eigenvalue weighted by Gasteiger charge is -2.33. The summed E-state index contributed by atoms with van der Waals surface area (Å²) < 4.78 is 0. The third-order valence-electron chi connectivity index (χ3n) is 5.64. The fourth-order valence-corrected chi connectivity index (χ4v) is 3.87. The minimum absolute atomic E-state index is 0.0699. The standard InChI is InChI=1S/C25H32N4O3/c30-22-14-12-20(13-15-22)19-27-28-25(32)23(29-17-7-2-8-18-29)11-5-6-16-26-24(31)21-9-3-1-4-10-21/h1,3-4,9-10,12-15,19,23,30H,2,5-8,11,16-18H2,(H,26,31)(H,28,32)/b27-19+/t23-/m1/s1. The molecule has 0 aromatic heterocycles. The Kier molecular flexibility index (Phi) is 9.25. The lowest BCUT2D eigenvalue weighted by Crippen LogP contribution is -2.47. The van der Waals surface area contributed by atoms with Crippen molar-refractivity contribution in [3.05, 3.63) is 65.7 Å². The number of benzene rings is 2. The summed E-state index contributed by atoms with van der Waals surface area (Å²) in [6.07, 6.45) is 7.36. The zero-order chi connectivity index (χ0) is 22.6. The number of carbonyl (C=O) groups is 2. The molecule has 0 aliphatic carbocycles. The molecular weight excluding hydrogens is 404 g/mol. The van der Waals surface area contributed by atoms with E-state index in [9.17, 15) is 14.7 Å². The lowest BCUT2D eigenvalue weighted by molar-refractivity contribution is -0.127. The van der Waals surface area contributed by atoms with Crippen LogP contribution < -0.4 is 10.7 Å². The number of phenolic OH excluding ortho intramolecular Hbond substituents is 1. The molecule has 32 heavy (non-hydrogen) atoms. The van der Waals surface area contributed by atoms with Crippen LogP contribution in [0.15, 0.2) is 59.7 Å². The molecule has 1 heterocycles. The van der Waals surface area contributed by atoms with Crippen molar-refractivity contribution in [1.29, 1.82) is 0 Å². The van der Waals surface area contributed by atoms with Crippen molar-refractivity contribution in [3.8, 4) is 5.75 Å². The maximum Gasteiger partial charge on any atom is 0.257 e. The number of unbranched alkanes of at least 4 members (excludes halogenated alkanes) is 1. The Hall–Kier alpha value is -3.19. The third kappa shape index (κ3) is 7.50. The van der Waals surface area contributed by atoms with Gasteiger partial charge in [-0.05, 0) is 87.2 Å². The number of carbonyl (C=O) groups excluding carboxylic acids is 2. The van der Waals surface area contributed by atoms with Crippen LogP contribution in [0.2, 0.25) is 0 Å². The molecular formula is C25H32N4O3. The minimum atomic E-state index is -0.225. The minimum Gasteiger partial charge on any atom is -0.508 e. The monoisotopic (exact) mass is 436 g/mol. The Morgan fingerprint density at radius 3 is 2.44 bits per heavy atom. The summed E-state index contributed by atoms with van der Waals surface area (Å²) in [6.45, 7) is 2.43. The average Bonchev–Trinajstić information content (AvgIpc) is 2.83. The van der Waals surface area contributed by atoms with Gasteiger partial charge in [-0.25, -0.2) is 5.43 Å². The van der Waals surface area contributed by atoms with Gasteiger partial charge in [0, 0.05) is 12.1 Å². The van der Waals surface area contributed by atoms with Gasteiger partial charge in [-0.3, -0.25) is 14.5 Å². The maximum atomic E-state index is 12.9. The van der Waals surface area contributed by atoms with E-state index >= 15 is 0 Å². The van der Waals surface area contributed by atoms with E-state index in [-0.39, 0.29) is 23.6 Å². The van der Waals surface area contributed by atoms with Crippen molar-refractivity contribution in [3.63, 3.8) is 0 Å². The highest BCUT2D eigenvalue weighted by Crippen LogP contribution is 2.16. The van der Waals surface area contributed by atoms with Gasteiger partial charge >= 0.3 is 0 Å². The number of hydrazone groups is 1. The molecule has 2 aromatic rings. The van der Waals surface area contributed by atoms with Gasteiger partial charge in [-0.15, -0.1) is 0 Å². The number of likely N-dealkylation sites (tertiary alicyclic amines) is 1. The van der Waals surface area contributed by atoms with Gasteiger partial charge in [-0.1, -0.05) is 24.6 Å². The summed E-state index contributed by atoms with van der Waals surface area (Å²) in [7, 11) is 0. The van der Waals surface area contributed by atoms with Crippen LogP contribution >= 0.6 is 0 Å². The summed E-state index contributed by atoms with van der Waals surface area (Å²) in [6, 6.07) is 15.6. The molecule has 170 valence electrons. The van der Waals surface area contributed by atoms with Crippen molar-refractivity contribution in [1.82, 2.24) is 15.6 Å². The van der Waals surface area contributed by atoms with Gasteiger partial charge in [0.15, 0.2) is 0 Å². The van der Waals surface area contributed by atoms with E-state index in [2.05, 4.69) is 20.7 Å². The van der Waals surface area contributed by atoms with Crippen molar-refractivity contribution >= 4 is 18.0 Å². The first-order chi connectivity index (χ1) is 15.6. The third-order valence-corrected chi connectivity index (χ3v) is 5.64. The number of aromatic hydroxyl groups is 1. The molecule has 0 spiro atoms. The van der Waals surface area contributed by atoms with E-state index in [0.29, 0.717) is 12.1 Å². The topological polar surface area (TPSA) is 94.0 Å².